The summed E-state index contributed by atoms with van der Waals surface area (Å²) < 4.78 is 22.0. The smallest absolute Gasteiger partial charge is 0.344 e. The molecule has 0 saturated carbocycles. The van der Waals surface area contributed by atoms with Crippen molar-refractivity contribution in [3.05, 3.63) is 97.5 Å². The Morgan fingerprint density at radius 2 is 1.82 bits per heavy atom. The Balaban J connectivity index is 1.91. The minimum Gasteiger partial charge on any atom is -0.462 e. The number of carbonyl (C=O) groups is 1. The molecule has 0 bridgehead atoms. The fourth-order valence-electron chi connectivity index (χ4n) is 4.22. The van der Waals surface area contributed by atoms with Crippen molar-refractivity contribution in [3.63, 3.8) is 0 Å². The summed E-state index contributed by atoms with van der Waals surface area (Å²) in [6.45, 7) is 3.59. The van der Waals surface area contributed by atoms with Crippen LogP contribution < -0.4 is 21.7 Å². The number of nitrogens with two attached hydrogens (primary N) is 1. The minimum absolute atomic E-state index is 0.0541. The van der Waals surface area contributed by atoms with Gasteiger partial charge in [-0.25, -0.2) is 14.4 Å². The van der Waals surface area contributed by atoms with Gasteiger partial charge in [-0.2, -0.15) is 0 Å². The van der Waals surface area contributed by atoms with Gasteiger partial charge in [0.05, 0.1) is 23.5 Å². The van der Waals surface area contributed by atoms with E-state index < -0.39 is 23.1 Å². The van der Waals surface area contributed by atoms with Gasteiger partial charge >= 0.3 is 17.2 Å². The zero-order chi connectivity index (χ0) is 23.3. The van der Waals surface area contributed by atoms with Crippen molar-refractivity contribution < 1.29 is 23.1 Å². The van der Waals surface area contributed by atoms with Crippen LogP contribution in [0.1, 0.15) is 29.5 Å². The van der Waals surface area contributed by atoms with Crippen LogP contribution in [-0.2, 0) is 9.53 Å². The maximum atomic E-state index is 13.2. The first-order valence-electron chi connectivity index (χ1n) is 10.3. The second kappa shape index (κ2) is 7.67. The largest absolute Gasteiger partial charge is 0.462 e. The standard InChI is InChI=1S/C25H19NO7/c1-3-30-24(28)21-19(15-11-18(27)31-17-10-12(2)8-9-13(15)17)20-22(33-23(21)26)14-6-4-5-7-16(14)32-25(20)29/h4-11,19H,3,26H2,1-2H3. The monoisotopic (exact) mass is 445 g/mol. The molecule has 3 heterocycles. The summed E-state index contributed by atoms with van der Waals surface area (Å²) in [5.74, 6) is -1.87. The van der Waals surface area contributed by atoms with E-state index in [4.69, 9.17) is 24.0 Å². The summed E-state index contributed by atoms with van der Waals surface area (Å²) in [5.41, 5.74) is 6.70. The molecule has 1 aliphatic heterocycles. The molecule has 8 nitrogen and oxygen atoms in total. The quantitative estimate of drug-likeness (QED) is 0.376. The average Bonchev–Trinajstić information content (AvgIpc) is 2.77. The molecule has 33 heavy (non-hydrogen) atoms. The van der Waals surface area contributed by atoms with Crippen molar-refractivity contribution >= 4 is 27.9 Å². The van der Waals surface area contributed by atoms with Gasteiger partial charge in [0, 0.05) is 11.5 Å². The van der Waals surface area contributed by atoms with Crippen molar-refractivity contribution in [2.24, 2.45) is 5.73 Å². The summed E-state index contributed by atoms with van der Waals surface area (Å²) >= 11 is 0. The summed E-state index contributed by atoms with van der Waals surface area (Å²) in [7, 11) is 0. The summed E-state index contributed by atoms with van der Waals surface area (Å²) in [6, 6.07) is 13.4. The van der Waals surface area contributed by atoms with E-state index in [0.29, 0.717) is 27.5 Å². The van der Waals surface area contributed by atoms with Gasteiger partial charge in [-0.3, -0.25) is 0 Å². The lowest BCUT2D eigenvalue weighted by molar-refractivity contribution is -0.139. The molecule has 8 heteroatoms. The third-order valence-electron chi connectivity index (χ3n) is 5.59. The van der Waals surface area contributed by atoms with Crippen molar-refractivity contribution in [2.75, 3.05) is 6.61 Å². The molecule has 0 amide bonds. The van der Waals surface area contributed by atoms with E-state index in [-0.39, 0.29) is 29.4 Å². The molecule has 2 aromatic heterocycles. The lowest BCUT2D eigenvalue weighted by atomic mass is 9.82. The van der Waals surface area contributed by atoms with Crippen LogP contribution in [0, 0.1) is 6.92 Å². The molecule has 1 atom stereocenters. The molecule has 166 valence electrons. The van der Waals surface area contributed by atoms with E-state index in [1.54, 1.807) is 43.3 Å². The lowest BCUT2D eigenvalue weighted by Gasteiger charge is -2.28. The highest BCUT2D eigenvalue weighted by atomic mass is 16.5. The molecule has 4 aromatic rings. The number of para-hydroxylation sites is 1. The molecular formula is C25H19NO7. The lowest BCUT2D eigenvalue weighted by Crippen LogP contribution is -2.31. The Morgan fingerprint density at radius 3 is 2.61 bits per heavy atom. The predicted octanol–water partition coefficient (Wildman–Crippen LogP) is 3.47. The van der Waals surface area contributed by atoms with Crippen molar-refractivity contribution in [2.45, 2.75) is 19.8 Å². The molecule has 0 fully saturated rings. The average molecular weight is 445 g/mol. The zero-order valence-electron chi connectivity index (χ0n) is 17.8. The highest BCUT2D eigenvalue weighted by Crippen LogP contribution is 2.45. The van der Waals surface area contributed by atoms with Gasteiger partial charge in [-0.1, -0.05) is 24.3 Å². The topological polar surface area (TPSA) is 122 Å². The molecule has 2 aromatic carbocycles. The van der Waals surface area contributed by atoms with E-state index in [9.17, 15) is 14.4 Å². The first kappa shape index (κ1) is 20.6. The zero-order valence-corrected chi connectivity index (χ0v) is 17.8. The van der Waals surface area contributed by atoms with Crippen LogP contribution >= 0.6 is 0 Å². The first-order chi connectivity index (χ1) is 15.9. The Kier molecular flexibility index (Phi) is 4.78. The number of aryl methyl sites for hydroxylation is 1. The van der Waals surface area contributed by atoms with E-state index in [1.807, 2.05) is 13.0 Å². The van der Waals surface area contributed by atoms with Crippen molar-refractivity contribution in [3.8, 4) is 5.75 Å². The van der Waals surface area contributed by atoms with Crippen LogP contribution in [0.2, 0.25) is 0 Å². The van der Waals surface area contributed by atoms with Gasteiger partial charge in [0.1, 0.15) is 16.7 Å². The minimum atomic E-state index is -1.07. The third kappa shape index (κ3) is 3.27. The van der Waals surface area contributed by atoms with Crippen LogP contribution in [0.5, 0.6) is 5.75 Å². The number of carbonyl (C=O) groups excluding carboxylic acids is 1. The Morgan fingerprint density at radius 1 is 1.03 bits per heavy atom. The normalized spacial score (nSPS) is 15.4. The SMILES string of the molecule is CCOC(=O)C1=C(N)Oc2c(c(=O)oc3ccccc23)C1c1cc(=O)oc2cc(C)ccc12. The fourth-order valence-corrected chi connectivity index (χ4v) is 4.22. The van der Waals surface area contributed by atoms with Crippen LogP contribution in [0.3, 0.4) is 0 Å². The van der Waals surface area contributed by atoms with Crippen LogP contribution in [0.15, 0.2) is 78.4 Å². The Labute approximate surface area is 186 Å². The van der Waals surface area contributed by atoms with Crippen LogP contribution in [0.25, 0.3) is 21.9 Å². The Bertz CT molecular complexity index is 1590. The van der Waals surface area contributed by atoms with Gasteiger partial charge in [-0.15, -0.1) is 0 Å². The van der Waals surface area contributed by atoms with E-state index in [1.165, 1.54) is 6.07 Å². The predicted molar refractivity (Wildman–Crippen MR) is 120 cm³/mol. The molecule has 0 saturated heterocycles. The van der Waals surface area contributed by atoms with E-state index in [0.717, 1.165) is 5.56 Å². The number of hydrogen-bond acceptors (Lipinski definition) is 8. The third-order valence-corrected chi connectivity index (χ3v) is 5.59. The summed E-state index contributed by atoms with van der Waals surface area (Å²) in [5, 5.41) is 1.05. The highest BCUT2D eigenvalue weighted by molar-refractivity contribution is 5.96. The summed E-state index contributed by atoms with van der Waals surface area (Å²) in [6.07, 6.45) is 0. The molecule has 0 aliphatic carbocycles. The van der Waals surface area contributed by atoms with E-state index in [2.05, 4.69) is 0 Å². The maximum Gasteiger partial charge on any atom is 0.344 e. The number of hydrogen-bond donors (Lipinski definition) is 1. The molecule has 2 N–H and O–H groups in total. The second-order valence-electron chi connectivity index (χ2n) is 7.68. The van der Waals surface area contributed by atoms with Crippen molar-refractivity contribution in [1.29, 1.82) is 0 Å². The summed E-state index contributed by atoms with van der Waals surface area (Å²) in [4.78, 5) is 38.7. The van der Waals surface area contributed by atoms with Crippen LogP contribution in [0.4, 0.5) is 0 Å². The Hall–Kier alpha value is -4.33. The van der Waals surface area contributed by atoms with Gasteiger partial charge in [0.15, 0.2) is 5.75 Å². The van der Waals surface area contributed by atoms with Crippen molar-refractivity contribution in [1.82, 2.24) is 0 Å². The van der Waals surface area contributed by atoms with Gasteiger partial charge in [0.25, 0.3) is 0 Å². The van der Waals surface area contributed by atoms with Gasteiger partial charge < -0.3 is 24.0 Å². The molecule has 1 unspecified atom stereocenters. The number of benzene rings is 2. The molecule has 0 spiro atoms. The van der Waals surface area contributed by atoms with Gasteiger partial charge in [0.2, 0.25) is 5.88 Å². The van der Waals surface area contributed by atoms with E-state index >= 15 is 0 Å². The number of ether oxygens (including phenoxy) is 2. The highest BCUT2D eigenvalue weighted by Gasteiger charge is 2.40. The number of fused-ring (bicyclic) bond motifs is 4. The fraction of sp³-hybridized carbons (Fsp3) is 0.160. The number of rotatable bonds is 3. The molecule has 1 aliphatic rings. The molecule has 5 rings (SSSR count). The second-order valence-corrected chi connectivity index (χ2v) is 7.68. The van der Waals surface area contributed by atoms with Gasteiger partial charge in [-0.05, 0) is 43.2 Å². The first-order valence-corrected chi connectivity index (χ1v) is 10.3. The van der Waals surface area contributed by atoms with Crippen LogP contribution in [-0.4, -0.2) is 12.6 Å². The molecular weight excluding hydrogens is 426 g/mol. The maximum absolute atomic E-state index is 13.2. The number of esters is 1. The molecule has 0 radical (unpaired) electrons.